The van der Waals surface area contributed by atoms with Gasteiger partial charge < -0.3 is 15.7 Å². The number of carbonyl (C=O) groups is 3. The highest BCUT2D eigenvalue weighted by molar-refractivity contribution is 6.10. The van der Waals surface area contributed by atoms with Crippen molar-refractivity contribution in [3.05, 3.63) is 77.1 Å². The number of benzene rings is 2. The van der Waals surface area contributed by atoms with Gasteiger partial charge in [0.1, 0.15) is 11.7 Å². The van der Waals surface area contributed by atoms with Crippen LogP contribution in [0.5, 0.6) is 0 Å². The van der Waals surface area contributed by atoms with Crippen molar-refractivity contribution in [1.82, 2.24) is 9.78 Å². The molecular weight excluding hydrogens is 456 g/mol. The summed E-state index contributed by atoms with van der Waals surface area (Å²) >= 11 is 0. The topological polar surface area (TPSA) is 113 Å². The number of aromatic nitrogens is 2. The molecule has 0 saturated heterocycles. The average molecular weight is 489 g/mol. The fourth-order valence-corrected chi connectivity index (χ4v) is 5.26. The van der Waals surface area contributed by atoms with Crippen molar-refractivity contribution < 1.29 is 19.5 Å². The molecule has 1 aliphatic carbocycles. The molecule has 8 heteroatoms. The van der Waals surface area contributed by atoms with E-state index < -0.39 is 41.0 Å². The molecule has 1 fully saturated rings. The minimum atomic E-state index is -1.67. The van der Waals surface area contributed by atoms with Crippen LogP contribution in [0.25, 0.3) is 0 Å². The van der Waals surface area contributed by atoms with Crippen LogP contribution in [0.2, 0.25) is 0 Å². The van der Waals surface area contributed by atoms with Crippen molar-refractivity contribution in [2.45, 2.75) is 45.6 Å². The van der Waals surface area contributed by atoms with Crippen molar-refractivity contribution in [2.24, 2.45) is 18.9 Å². The number of rotatable bonds is 5. The largest absolute Gasteiger partial charge is 0.389 e. The quantitative estimate of drug-likeness (QED) is 0.475. The Morgan fingerprint density at radius 3 is 2.00 bits per heavy atom. The number of carbonyl (C=O) groups excluding carboxylic acids is 3. The Balaban J connectivity index is 1.80. The minimum Gasteiger partial charge on any atom is -0.389 e. The van der Waals surface area contributed by atoms with E-state index in [0.29, 0.717) is 22.6 Å². The fraction of sp³-hybridized carbons (Fsp3) is 0.357. The average Bonchev–Trinajstić information content (AvgIpc) is 3.13. The Hall–Kier alpha value is -3.78. The lowest BCUT2D eigenvalue weighted by atomic mass is 9.61. The molecule has 1 saturated carbocycles. The minimum absolute atomic E-state index is 0.319. The third-order valence-electron chi connectivity index (χ3n) is 7.05. The maximum Gasteiger partial charge on any atom is 0.235 e. The number of hydrogen-bond acceptors (Lipinski definition) is 5. The van der Waals surface area contributed by atoms with E-state index in [0.717, 1.165) is 11.1 Å². The second-order valence-electron chi connectivity index (χ2n) is 9.93. The molecule has 188 valence electrons. The second-order valence-corrected chi connectivity index (χ2v) is 9.93. The molecule has 0 aliphatic heterocycles. The predicted octanol–water partition coefficient (Wildman–Crippen LogP) is 3.66. The first kappa shape index (κ1) is 25.3. The second kappa shape index (κ2) is 9.70. The van der Waals surface area contributed by atoms with Crippen molar-refractivity contribution >= 4 is 29.0 Å². The lowest BCUT2D eigenvalue weighted by Gasteiger charge is -2.44. The summed E-state index contributed by atoms with van der Waals surface area (Å²) in [6, 6.07) is 14.6. The first-order valence-electron chi connectivity index (χ1n) is 12.0. The van der Waals surface area contributed by atoms with Gasteiger partial charge in [0.25, 0.3) is 0 Å². The summed E-state index contributed by atoms with van der Waals surface area (Å²) in [6.45, 7) is 7.00. The molecule has 2 amide bonds. The summed E-state index contributed by atoms with van der Waals surface area (Å²) in [6.07, 6.45) is 1.40. The Morgan fingerprint density at radius 2 is 1.50 bits per heavy atom. The first-order chi connectivity index (χ1) is 17.0. The van der Waals surface area contributed by atoms with E-state index >= 15 is 0 Å². The number of nitrogens with one attached hydrogen (secondary N) is 2. The summed E-state index contributed by atoms with van der Waals surface area (Å²) in [7, 11) is 1.74. The molecule has 1 heterocycles. The lowest BCUT2D eigenvalue weighted by molar-refractivity contribution is -0.150. The van der Waals surface area contributed by atoms with Gasteiger partial charge in [-0.05, 0) is 56.5 Å². The molecule has 2 aromatic carbocycles. The zero-order chi connectivity index (χ0) is 26.2. The van der Waals surface area contributed by atoms with Crippen molar-refractivity contribution in [3.63, 3.8) is 0 Å². The standard InChI is InChI=1S/C28H32N4O4/c1-16-10-6-8-12-20(16)29-26(34)24-22(33)14-28(4,36)25(23(24)19-15-32(5)31-18(19)3)27(35)30-21-13-9-7-11-17(21)2/h6-13,15,23-25,36H,14H2,1-5H3,(H,29,34)(H,30,35)/t23-,24+,25-,28-/m0/s1. The molecule has 0 spiro atoms. The van der Waals surface area contributed by atoms with Crippen LogP contribution >= 0.6 is 0 Å². The van der Waals surface area contributed by atoms with E-state index in [2.05, 4.69) is 15.7 Å². The summed E-state index contributed by atoms with van der Waals surface area (Å²) in [5, 5.41) is 21.7. The van der Waals surface area contributed by atoms with Gasteiger partial charge in [-0.1, -0.05) is 36.4 Å². The number of nitrogens with zero attached hydrogens (tertiary/aromatic N) is 2. The van der Waals surface area contributed by atoms with Crippen molar-refractivity contribution in [1.29, 1.82) is 0 Å². The molecule has 0 radical (unpaired) electrons. The third kappa shape index (κ3) is 4.81. The van der Waals surface area contributed by atoms with Crippen LogP contribution in [-0.4, -0.2) is 38.1 Å². The molecular formula is C28H32N4O4. The predicted molar refractivity (Wildman–Crippen MR) is 138 cm³/mol. The highest BCUT2D eigenvalue weighted by Crippen LogP contribution is 2.47. The van der Waals surface area contributed by atoms with Gasteiger partial charge in [0, 0.05) is 37.0 Å². The van der Waals surface area contributed by atoms with Gasteiger partial charge in [-0.15, -0.1) is 0 Å². The number of aliphatic hydroxyl groups is 1. The highest BCUT2D eigenvalue weighted by atomic mass is 16.3. The number of amides is 2. The Bertz CT molecular complexity index is 1330. The lowest BCUT2D eigenvalue weighted by Crippen LogP contribution is -2.56. The van der Waals surface area contributed by atoms with Gasteiger partial charge in [-0.25, -0.2) is 0 Å². The van der Waals surface area contributed by atoms with Gasteiger partial charge >= 0.3 is 0 Å². The van der Waals surface area contributed by atoms with E-state index in [1.807, 2.05) is 44.2 Å². The summed E-state index contributed by atoms with van der Waals surface area (Å²) in [5.41, 5.74) is 2.42. The molecule has 1 aromatic heterocycles. The molecule has 0 bridgehead atoms. The molecule has 36 heavy (non-hydrogen) atoms. The van der Waals surface area contributed by atoms with Crippen LogP contribution in [0.4, 0.5) is 11.4 Å². The normalized spacial score (nSPS) is 23.8. The Morgan fingerprint density at radius 1 is 0.972 bits per heavy atom. The molecule has 3 N–H and O–H groups in total. The van der Waals surface area contributed by atoms with E-state index in [1.54, 1.807) is 43.0 Å². The highest BCUT2D eigenvalue weighted by Gasteiger charge is 2.56. The van der Waals surface area contributed by atoms with Crippen molar-refractivity contribution in [2.75, 3.05) is 10.6 Å². The maximum absolute atomic E-state index is 13.8. The van der Waals surface area contributed by atoms with Gasteiger partial charge in [0.2, 0.25) is 11.8 Å². The van der Waals surface area contributed by atoms with Crippen molar-refractivity contribution in [3.8, 4) is 0 Å². The van der Waals surface area contributed by atoms with Crippen LogP contribution in [0.15, 0.2) is 54.7 Å². The zero-order valence-corrected chi connectivity index (χ0v) is 21.2. The molecule has 3 aromatic rings. The molecule has 0 unspecified atom stereocenters. The van der Waals surface area contributed by atoms with E-state index in [-0.39, 0.29) is 6.42 Å². The van der Waals surface area contributed by atoms with E-state index in [9.17, 15) is 19.5 Å². The number of anilines is 2. The maximum atomic E-state index is 13.8. The van der Waals surface area contributed by atoms with E-state index in [1.165, 1.54) is 6.92 Å². The molecule has 4 rings (SSSR count). The number of hydrogen-bond donors (Lipinski definition) is 3. The Labute approximate surface area is 210 Å². The monoisotopic (exact) mass is 488 g/mol. The number of Topliss-reactive ketones (excluding diaryl/α,β-unsaturated/α-hetero) is 1. The van der Waals surface area contributed by atoms with Gasteiger partial charge in [-0.2, -0.15) is 5.10 Å². The number of para-hydroxylation sites is 2. The third-order valence-corrected chi connectivity index (χ3v) is 7.05. The number of ketones is 1. The first-order valence-corrected chi connectivity index (χ1v) is 12.0. The molecule has 1 aliphatic rings. The number of aryl methyl sites for hydroxylation is 4. The summed E-state index contributed by atoms with van der Waals surface area (Å²) < 4.78 is 1.59. The van der Waals surface area contributed by atoms with Gasteiger partial charge in [-0.3, -0.25) is 19.1 Å². The van der Waals surface area contributed by atoms with Crippen LogP contribution in [0.3, 0.4) is 0 Å². The fourth-order valence-electron chi connectivity index (χ4n) is 5.26. The Kier molecular flexibility index (Phi) is 6.82. The SMILES string of the molecule is Cc1ccccc1NC(=O)[C@@H]1C(=O)C[C@](C)(O)[C@H](C(=O)Nc2ccccc2C)[C@H]1c1cn(C)nc1C. The zero-order valence-electron chi connectivity index (χ0n) is 21.2. The van der Waals surface area contributed by atoms with Gasteiger partial charge in [0.15, 0.2) is 0 Å². The van der Waals surface area contributed by atoms with E-state index in [4.69, 9.17) is 0 Å². The molecule has 8 nitrogen and oxygen atoms in total. The summed E-state index contributed by atoms with van der Waals surface area (Å²) in [4.78, 5) is 40.9. The van der Waals surface area contributed by atoms with Gasteiger partial charge in [0.05, 0.1) is 17.2 Å². The van der Waals surface area contributed by atoms with Crippen LogP contribution in [0, 0.1) is 32.6 Å². The smallest absolute Gasteiger partial charge is 0.235 e. The summed E-state index contributed by atoms with van der Waals surface area (Å²) in [5.74, 6) is -4.55. The van der Waals surface area contributed by atoms with Crippen LogP contribution in [0.1, 0.15) is 41.6 Å². The van der Waals surface area contributed by atoms with Crippen LogP contribution in [-0.2, 0) is 21.4 Å². The van der Waals surface area contributed by atoms with Crippen LogP contribution < -0.4 is 10.6 Å². The molecule has 4 atom stereocenters.